The van der Waals surface area contributed by atoms with Gasteiger partial charge in [0.1, 0.15) is 0 Å². The summed E-state index contributed by atoms with van der Waals surface area (Å²) in [6.45, 7) is 1.93. The molecule has 1 atom stereocenters. The summed E-state index contributed by atoms with van der Waals surface area (Å²) in [5, 5.41) is 13.6. The van der Waals surface area contributed by atoms with Crippen LogP contribution in [0.5, 0.6) is 0 Å². The summed E-state index contributed by atoms with van der Waals surface area (Å²) >= 11 is 0. The number of rotatable bonds is 4. The van der Waals surface area contributed by atoms with Crippen LogP contribution >= 0.6 is 7.52 Å². The zero-order chi connectivity index (χ0) is 15.0. The highest BCUT2D eigenvalue weighted by molar-refractivity contribution is 7.55. The second-order valence-corrected chi connectivity index (χ2v) is 6.77. The number of imidazole rings is 1. The van der Waals surface area contributed by atoms with E-state index >= 15 is 0 Å². The molecule has 0 spiro atoms. The highest BCUT2D eigenvalue weighted by Crippen LogP contribution is 2.32. The quantitative estimate of drug-likeness (QED) is 0.520. The second kappa shape index (κ2) is 5.03. The molecule has 0 radical (unpaired) electrons. The molecule has 0 saturated heterocycles. The van der Waals surface area contributed by atoms with Gasteiger partial charge in [0.15, 0.2) is 5.82 Å². The minimum atomic E-state index is -3.55. The minimum Gasteiger partial charge on any atom is -0.335 e. The maximum Gasteiger partial charge on any atom is 0.264 e. The van der Waals surface area contributed by atoms with Crippen LogP contribution in [0.15, 0.2) is 12.1 Å². The van der Waals surface area contributed by atoms with Gasteiger partial charge in [0.25, 0.3) is 7.52 Å². The Morgan fingerprint density at radius 3 is 2.90 bits per heavy atom. The molecule has 0 bridgehead atoms. The number of aromatic amines is 2. The standard InChI is InChI=1S/C11H14N7O2P/c1-6-2-3-8-9(7(6)4-5-21(12,19)20)14-10(13-8)11-15-17-18-16-11/h2-3H,4-5H2,1H3,(H,13,14)(H3,12,19,20)(H,15,16,17,18). The lowest BCUT2D eigenvalue weighted by molar-refractivity contribution is 0.479. The topological polar surface area (TPSA) is 146 Å². The third-order valence-electron chi connectivity index (χ3n) is 3.23. The first kappa shape index (κ1) is 13.9. The van der Waals surface area contributed by atoms with Gasteiger partial charge in [0, 0.05) is 6.16 Å². The van der Waals surface area contributed by atoms with Crippen molar-refractivity contribution in [2.24, 2.45) is 5.50 Å². The van der Waals surface area contributed by atoms with Crippen molar-refractivity contribution in [1.29, 1.82) is 0 Å². The highest BCUT2D eigenvalue weighted by Gasteiger charge is 2.17. The van der Waals surface area contributed by atoms with Gasteiger partial charge in [-0.05, 0) is 35.8 Å². The maximum absolute atomic E-state index is 11.3. The number of nitrogens with two attached hydrogens (primary N) is 1. The third-order valence-corrected chi connectivity index (χ3v) is 4.10. The van der Waals surface area contributed by atoms with Crippen LogP contribution in [0.25, 0.3) is 22.7 Å². The molecule has 0 saturated carbocycles. The van der Waals surface area contributed by atoms with E-state index in [-0.39, 0.29) is 6.16 Å². The van der Waals surface area contributed by atoms with E-state index in [0.717, 1.165) is 22.2 Å². The maximum atomic E-state index is 11.3. The van der Waals surface area contributed by atoms with Crippen LogP contribution in [-0.4, -0.2) is 41.6 Å². The van der Waals surface area contributed by atoms with E-state index in [2.05, 4.69) is 30.6 Å². The van der Waals surface area contributed by atoms with Gasteiger partial charge < -0.3 is 9.88 Å². The molecule has 0 aliphatic rings. The van der Waals surface area contributed by atoms with E-state index < -0.39 is 7.52 Å². The van der Waals surface area contributed by atoms with Gasteiger partial charge in [0.05, 0.1) is 11.0 Å². The van der Waals surface area contributed by atoms with Crippen molar-refractivity contribution in [2.75, 3.05) is 6.16 Å². The molecule has 0 aliphatic heterocycles. The molecule has 0 aliphatic carbocycles. The number of nitrogens with one attached hydrogen (secondary N) is 2. The number of aromatic nitrogens is 6. The SMILES string of the molecule is Cc1ccc2[nH]c(-c3nn[nH]n3)nc2c1CCP(N)(=O)O. The molecule has 2 heterocycles. The fourth-order valence-corrected chi connectivity index (χ4v) is 2.73. The summed E-state index contributed by atoms with van der Waals surface area (Å²) in [6.07, 6.45) is 0.390. The molecule has 110 valence electrons. The van der Waals surface area contributed by atoms with Crippen LogP contribution in [0.3, 0.4) is 0 Å². The molecule has 1 unspecified atom stereocenters. The van der Waals surface area contributed by atoms with Gasteiger partial charge in [-0.25, -0.2) is 4.98 Å². The van der Waals surface area contributed by atoms with Crippen LogP contribution in [0.4, 0.5) is 0 Å². The van der Waals surface area contributed by atoms with Crippen LogP contribution < -0.4 is 5.50 Å². The Hall–Kier alpha value is -2.09. The number of fused-ring (bicyclic) bond motifs is 1. The van der Waals surface area contributed by atoms with Gasteiger partial charge in [-0.1, -0.05) is 6.07 Å². The smallest absolute Gasteiger partial charge is 0.264 e. The van der Waals surface area contributed by atoms with Crippen LogP contribution in [0.1, 0.15) is 11.1 Å². The first-order valence-electron chi connectivity index (χ1n) is 6.26. The third kappa shape index (κ3) is 2.85. The number of aryl methyl sites for hydroxylation is 2. The van der Waals surface area contributed by atoms with E-state index in [1.54, 1.807) is 0 Å². The van der Waals surface area contributed by atoms with Crippen LogP contribution in [-0.2, 0) is 11.0 Å². The second-order valence-electron chi connectivity index (χ2n) is 4.81. The zero-order valence-corrected chi connectivity index (χ0v) is 12.1. The van der Waals surface area contributed by atoms with Gasteiger partial charge in [-0.3, -0.25) is 10.1 Å². The molecule has 21 heavy (non-hydrogen) atoms. The normalized spacial score (nSPS) is 14.4. The van der Waals surface area contributed by atoms with E-state index in [4.69, 9.17) is 5.50 Å². The number of benzene rings is 1. The molecule has 10 heteroatoms. The molecule has 3 aromatic rings. The molecular formula is C11H14N7O2P. The Morgan fingerprint density at radius 2 is 2.24 bits per heavy atom. The lowest BCUT2D eigenvalue weighted by Crippen LogP contribution is -2.03. The van der Waals surface area contributed by atoms with Gasteiger partial charge in [-0.2, -0.15) is 5.21 Å². The average molecular weight is 307 g/mol. The fraction of sp³-hybridized carbons (Fsp3) is 0.273. The van der Waals surface area contributed by atoms with E-state index in [0.29, 0.717) is 18.1 Å². The van der Waals surface area contributed by atoms with Gasteiger partial charge >= 0.3 is 0 Å². The predicted octanol–water partition coefficient (Wildman–Crippen LogP) is 0.738. The lowest BCUT2D eigenvalue weighted by Gasteiger charge is -2.08. The van der Waals surface area contributed by atoms with Crippen LogP contribution in [0.2, 0.25) is 0 Å². The largest absolute Gasteiger partial charge is 0.335 e. The van der Waals surface area contributed by atoms with E-state index in [1.165, 1.54) is 0 Å². The summed E-state index contributed by atoms with van der Waals surface area (Å²) in [4.78, 5) is 16.8. The first-order valence-corrected chi connectivity index (χ1v) is 8.18. The number of hydrogen-bond donors (Lipinski definition) is 4. The molecule has 0 fully saturated rings. The number of hydrogen-bond acceptors (Lipinski definition) is 5. The summed E-state index contributed by atoms with van der Waals surface area (Å²) in [5.41, 5.74) is 8.62. The van der Waals surface area contributed by atoms with Crippen LogP contribution in [0, 0.1) is 6.92 Å². The number of nitrogens with zero attached hydrogens (tertiary/aromatic N) is 4. The van der Waals surface area contributed by atoms with Crippen molar-refractivity contribution in [3.8, 4) is 11.6 Å². The summed E-state index contributed by atoms with van der Waals surface area (Å²) in [7, 11) is -3.55. The Bertz CT molecular complexity index is 821. The molecule has 2 aromatic heterocycles. The molecular weight excluding hydrogens is 293 g/mol. The number of H-pyrrole nitrogens is 2. The lowest BCUT2D eigenvalue weighted by atomic mass is 10.0. The van der Waals surface area contributed by atoms with Gasteiger partial charge in [-0.15, -0.1) is 10.2 Å². The van der Waals surface area contributed by atoms with Crippen molar-refractivity contribution in [2.45, 2.75) is 13.3 Å². The Balaban J connectivity index is 2.06. The summed E-state index contributed by atoms with van der Waals surface area (Å²) in [5.74, 6) is 0.854. The van der Waals surface area contributed by atoms with Crippen molar-refractivity contribution < 1.29 is 9.46 Å². The predicted molar refractivity (Wildman–Crippen MR) is 76.6 cm³/mol. The van der Waals surface area contributed by atoms with E-state index in [9.17, 15) is 9.46 Å². The summed E-state index contributed by atoms with van der Waals surface area (Å²) in [6, 6.07) is 3.82. The van der Waals surface area contributed by atoms with Crippen molar-refractivity contribution >= 4 is 18.6 Å². The zero-order valence-electron chi connectivity index (χ0n) is 11.2. The number of tetrazole rings is 1. The molecule has 0 amide bonds. The van der Waals surface area contributed by atoms with Crippen molar-refractivity contribution in [3.05, 3.63) is 23.3 Å². The highest BCUT2D eigenvalue weighted by atomic mass is 31.2. The average Bonchev–Trinajstić information content (AvgIpc) is 3.04. The molecule has 9 nitrogen and oxygen atoms in total. The summed E-state index contributed by atoms with van der Waals surface area (Å²) < 4.78 is 11.3. The monoisotopic (exact) mass is 307 g/mol. The minimum absolute atomic E-state index is 0.0113. The van der Waals surface area contributed by atoms with Crippen molar-refractivity contribution in [1.82, 2.24) is 30.6 Å². The molecule has 1 aromatic carbocycles. The Morgan fingerprint density at radius 1 is 1.43 bits per heavy atom. The van der Waals surface area contributed by atoms with Gasteiger partial charge in [0.2, 0.25) is 5.82 Å². The first-order chi connectivity index (χ1) is 9.94. The fourth-order valence-electron chi connectivity index (χ4n) is 2.19. The Labute approximate surface area is 119 Å². The Kier molecular flexibility index (Phi) is 3.32. The van der Waals surface area contributed by atoms with E-state index in [1.807, 2.05) is 19.1 Å². The van der Waals surface area contributed by atoms with Crippen molar-refractivity contribution in [3.63, 3.8) is 0 Å². The molecule has 5 N–H and O–H groups in total. The molecule has 3 rings (SSSR count).